The molecule has 3 nitrogen and oxygen atoms in total. The third-order valence-electron chi connectivity index (χ3n) is 4.51. The highest BCUT2D eigenvalue weighted by Crippen LogP contribution is 2.27. The van der Waals surface area contributed by atoms with E-state index in [1.54, 1.807) is 0 Å². The molecule has 0 aliphatic carbocycles. The van der Waals surface area contributed by atoms with E-state index < -0.39 is 0 Å². The maximum absolute atomic E-state index is 12.1. The molecule has 1 saturated heterocycles. The summed E-state index contributed by atoms with van der Waals surface area (Å²) in [5.74, 6) is 0.455. The molecule has 1 atom stereocenters. The van der Waals surface area contributed by atoms with Crippen molar-refractivity contribution >= 4 is 5.91 Å². The predicted molar refractivity (Wildman–Crippen MR) is 93.4 cm³/mol. The van der Waals surface area contributed by atoms with Crippen LogP contribution in [-0.4, -0.2) is 25.0 Å². The van der Waals surface area contributed by atoms with E-state index in [2.05, 4.69) is 59.2 Å². The van der Waals surface area contributed by atoms with E-state index in [1.807, 2.05) is 12.1 Å². The van der Waals surface area contributed by atoms with Crippen molar-refractivity contribution in [2.24, 2.45) is 0 Å². The molecular weight excluding hydrogens is 284 g/mol. The highest BCUT2D eigenvalue weighted by molar-refractivity contribution is 5.81. The number of amides is 1. The molecule has 2 aromatic rings. The van der Waals surface area contributed by atoms with Gasteiger partial charge >= 0.3 is 0 Å². The Labute approximate surface area is 138 Å². The van der Waals surface area contributed by atoms with Gasteiger partial charge in [0.1, 0.15) is 0 Å². The molecular formula is C20H24N2O. The normalized spacial score (nSPS) is 17.3. The third-order valence-corrected chi connectivity index (χ3v) is 4.51. The molecule has 2 N–H and O–H groups in total. The molecule has 1 amide bonds. The maximum atomic E-state index is 12.1. The van der Waals surface area contributed by atoms with Crippen LogP contribution >= 0.6 is 0 Å². The molecule has 2 aromatic carbocycles. The Morgan fingerprint density at radius 1 is 1.04 bits per heavy atom. The van der Waals surface area contributed by atoms with Gasteiger partial charge in [-0.3, -0.25) is 4.79 Å². The van der Waals surface area contributed by atoms with E-state index in [9.17, 15) is 4.79 Å². The topological polar surface area (TPSA) is 41.1 Å². The van der Waals surface area contributed by atoms with Crippen molar-refractivity contribution in [3.05, 3.63) is 71.8 Å². The number of carbonyl (C=O) groups is 1. The average molecular weight is 308 g/mol. The third kappa shape index (κ3) is 4.20. The van der Waals surface area contributed by atoms with Gasteiger partial charge in [0.2, 0.25) is 5.91 Å². The zero-order valence-corrected chi connectivity index (χ0v) is 13.4. The highest BCUT2D eigenvalue weighted by Gasteiger charge is 2.22. The number of hydrogen-bond acceptors (Lipinski definition) is 2. The molecule has 1 heterocycles. The summed E-state index contributed by atoms with van der Waals surface area (Å²) in [6, 6.07) is 21.0. The van der Waals surface area contributed by atoms with Crippen molar-refractivity contribution in [2.45, 2.75) is 31.2 Å². The number of hydrogen-bond donors (Lipinski definition) is 2. The Hall–Kier alpha value is -2.13. The van der Waals surface area contributed by atoms with E-state index in [1.165, 1.54) is 11.1 Å². The van der Waals surface area contributed by atoms with Gasteiger partial charge in [-0.05, 0) is 36.9 Å². The maximum Gasteiger partial charge on any atom is 0.237 e. The van der Waals surface area contributed by atoms with Crippen molar-refractivity contribution in [3.8, 4) is 0 Å². The molecule has 0 spiro atoms. The largest absolute Gasteiger partial charge is 0.355 e. The first-order valence-corrected chi connectivity index (χ1v) is 8.45. The van der Waals surface area contributed by atoms with E-state index >= 15 is 0 Å². The van der Waals surface area contributed by atoms with E-state index in [0.29, 0.717) is 12.5 Å². The minimum absolute atomic E-state index is 0.00176. The lowest BCUT2D eigenvalue weighted by molar-refractivity contribution is -0.122. The Kier molecular flexibility index (Phi) is 5.43. The highest BCUT2D eigenvalue weighted by atomic mass is 16.2. The molecule has 1 aliphatic heterocycles. The van der Waals surface area contributed by atoms with Crippen LogP contribution in [0.25, 0.3) is 0 Å². The summed E-state index contributed by atoms with van der Waals surface area (Å²) in [5, 5.41) is 6.34. The number of nitrogens with one attached hydrogen (secondary N) is 2. The smallest absolute Gasteiger partial charge is 0.237 e. The van der Waals surface area contributed by atoms with Crippen LogP contribution in [0.15, 0.2) is 60.7 Å². The number of benzene rings is 2. The SMILES string of the molecule is O=C(NCCC(c1ccccc1)c1ccccc1)[C@@H]1CCCN1. The first-order chi connectivity index (χ1) is 11.3. The minimum Gasteiger partial charge on any atom is -0.355 e. The van der Waals surface area contributed by atoms with E-state index in [0.717, 1.165) is 25.8 Å². The van der Waals surface area contributed by atoms with Crippen LogP contribution in [0.4, 0.5) is 0 Å². The van der Waals surface area contributed by atoms with Crippen molar-refractivity contribution in [1.82, 2.24) is 10.6 Å². The van der Waals surface area contributed by atoms with Gasteiger partial charge in [0.05, 0.1) is 6.04 Å². The van der Waals surface area contributed by atoms with Gasteiger partial charge < -0.3 is 10.6 Å². The number of carbonyl (C=O) groups excluding carboxylic acids is 1. The molecule has 0 unspecified atom stereocenters. The molecule has 3 rings (SSSR count). The van der Waals surface area contributed by atoms with Crippen molar-refractivity contribution in [1.29, 1.82) is 0 Å². The van der Waals surface area contributed by atoms with E-state index in [4.69, 9.17) is 0 Å². The fourth-order valence-corrected chi connectivity index (χ4v) is 3.27. The Morgan fingerprint density at radius 2 is 1.65 bits per heavy atom. The second-order valence-electron chi connectivity index (χ2n) is 6.10. The second-order valence-corrected chi connectivity index (χ2v) is 6.10. The van der Waals surface area contributed by atoms with Crippen LogP contribution in [0.2, 0.25) is 0 Å². The Morgan fingerprint density at radius 3 is 2.17 bits per heavy atom. The molecule has 0 aromatic heterocycles. The van der Waals surface area contributed by atoms with Gasteiger partial charge in [-0.15, -0.1) is 0 Å². The van der Waals surface area contributed by atoms with E-state index in [-0.39, 0.29) is 11.9 Å². The molecule has 0 bridgehead atoms. The lowest BCUT2D eigenvalue weighted by Crippen LogP contribution is -2.41. The summed E-state index contributed by atoms with van der Waals surface area (Å²) >= 11 is 0. The molecule has 1 fully saturated rings. The standard InChI is InChI=1S/C20H24N2O/c23-20(19-12-7-14-21-19)22-15-13-18(16-8-3-1-4-9-16)17-10-5-2-6-11-17/h1-6,8-11,18-19,21H,7,12-15H2,(H,22,23)/t19-/m0/s1. The molecule has 0 radical (unpaired) electrons. The van der Waals surface area contributed by atoms with Gasteiger partial charge in [-0.25, -0.2) is 0 Å². The summed E-state index contributed by atoms with van der Waals surface area (Å²) in [6.45, 7) is 1.65. The lowest BCUT2D eigenvalue weighted by Gasteiger charge is -2.19. The first kappa shape index (κ1) is 15.8. The average Bonchev–Trinajstić information content (AvgIpc) is 3.15. The Bertz CT molecular complexity index is 567. The minimum atomic E-state index is 0.00176. The number of rotatable bonds is 6. The van der Waals surface area contributed by atoms with Crippen LogP contribution in [-0.2, 0) is 4.79 Å². The molecule has 0 saturated carbocycles. The van der Waals surface area contributed by atoms with Gasteiger partial charge in [0.25, 0.3) is 0 Å². The summed E-state index contributed by atoms with van der Waals surface area (Å²) in [7, 11) is 0. The van der Waals surface area contributed by atoms with Crippen LogP contribution in [0.1, 0.15) is 36.3 Å². The monoisotopic (exact) mass is 308 g/mol. The van der Waals surface area contributed by atoms with Gasteiger partial charge in [-0.1, -0.05) is 60.7 Å². The predicted octanol–water partition coefficient (Wildman–Crippen LogP) is 3.08. The second kappa shape index (κ2) is 7.93. The van der Waals surface area contributed by atoms with Crippen molar-refractivity contribution in [2.75, 3.05) is 13.1 Å². The van der Waals surface area contributed by atoms with Gasteiger partial charge in [0, 0.05) is 12.5 Å². The zero-order chi connectivity index (χ0) is 15.9. The summed E-state index contributed by atoms with van der Waals surface area (Å²) in [4.78, 5) is 12.1. The zero-order valence-electron chi connectivity index (χ0n) is 13.4. The van der Waals surface area contributed by atoms with Crippen molar-refractivity contribution < 1.29 is 4.79 Å². The molecule has 3 heteroatoms. The molecule has 120 valence electrons. The van der Waals surface area contributed by atoms with Gasteiger partial charge in [-0.2, -0.15) is 0 Å². The first-order valence-electron chi connectivity index (χ1n) is 8.45. The van der Waals surface area contributed by atoms with Crippen LogP contribution in [0.3, 0.4) is 0 Å². The quantitative estimate of drug-likeness (QED) is 0.861. The Balaban J connectivity index is 1.64. The summed E-state index contributed by atoms with van der Waals surface area (Å²) in [6.07, 6.45) is 2.95. The van der Waals surface area contributed by atoms with Crippen LogP contribution < -0.4 is 10.6 Å². The van der Waals surface area contributed by atoms with Gasteiger partial charge in [0.15, 0.2) is 0 Å². The molecule has 1 aliphatic rings. The van der Waals surface area contributed by atoms with Crippen molar-refractivity contribution in [3.63, 3.8) is 0 Å². The fourth-order valence-electron chi connectivity index (χ4n) is 3.27. The van der Waals surface area contributed by atoms with Crippen LogP contribution in [0.5, 0.6) is 0 Å². The lowest BCUT2D eigenvalue weighted by atomic mass is 9.88. The molecule has 23 heavy (non-hydrogen) atoms. The summed E-state index contributed by atoms with van der Waals surface area (Å²) < 4.78 is 0. The van der Waals surface area contributed by atoms with Crippen LogP contribution in [0, 0.1) is 0 Å². The summed E-state index contributed by atoms with van der Waals surface area (Å²) in [5.41, 5.74) is 2.60. The fraction of sp³-hybridized carbons (Fsp3) is 0.350.